The molecule has 1 heterocycles. The van der Waals surface area contributed by atoms with E-state index in [4.69, 9.17) is 5.73 Å². The second kappa shape index (κ2) is 7.90. The van der Waals surface area contributed by atoms with Gasteiger partial charge < -0.3 is 11.1 Å². The highest BCUT2D eigenvalue weighted by Gasteiger charge is 2.26. The van der Waals surface area contributed by atoms with Crippen LogP contribution in [0.25, 0.3) is 5.69 Å². The Morgan fingerprint density at radius 3 is 2.58 bits per heavy atom. The highest BCUT2D eigenvalue weighted by atomic mass is 19.1. The van der Waals surface area contributed by atoms with Crippen LogP contribution in [0, 0.1) is 18.7 Å². The number of nitrogens with two attached hydrogens (primary N) is 1. The van der Waals surface area contributed by atoms with Gasteiger partial charge in [0.2, 0.25) is 11.3 Å². The van der Waals surface area contributed by atoms with Gasteiger partial charge in [0, 0.05) is 11.8 Å². The zero-order chi connectivity index (χ0) is 19.4. The molecule has 1 aromatic heterocycles. The Kier molecular flexibility index (Phi) is 5.86. The lowest BCUT2D eigenvalue weighted by Crippen LogP contribution is -2.49. The summed E-state index contributed by atoms with van der Waals surface area (Å²) in [5.41, 5.74) is 4.74. The van der Waals surface area contributed by atoms with Crippen LogP contribution >= 0.6 is 0 Å². The quantitative estimate of drug-likeness (QED) is 0.810. The van der Waals surface area contributed by atoms with Crippen LogP contribution < -0.4 is 16.5 Å². The summed E-state index contributed by atoms with van der Waals surface area (Å²) < 4.78 is 15.2. The number of aryl methyl sites for hydroxylation is 1. The van der Waals surface area contributed by atoms with E-state index in [1.165, 1.54) is 28.9 Å². The number of rotatable bonds is 6. The maximum Gasteiger partial charge on any atom is 0.276 e. The van der Waals surface area contributed by atoms with Gasteiger partial charge in [-0.2, -0.15) is 5.10 Å². The first-order chi connectivity index (χ1) is 12.3. The third-order valence-electron chi connectivity index (χ3n) is 4.21. The topological polar surface area (TPSA) is 107 Å². The van der Waals surface area contributed by atoms with E-state index >= 15 is 0 Å². The fourth-order valence-electron chi connectivity index (χ4n) is 2.51. The fourth-order valence-corrected chi connectivity index (χ4v) is 2.51. The van der Waals surface area contributed by atoms with Gasteiger partial charge in [0.1, 0.15) is 17.5 Å². The molecule has 0 spiro atoms. The van der Waals surface area contributed by atoms with Crippen LogP contribution in [0.1, 0.15) is 36.5 Å². The number of nitrogens with one attached hydrogen (secondary N) is 1. The molecule has 0 fully saturated rings. The lowest BCUT2D eigenvalue weighted by molar-refractivity contribution is -0.120. The van der Waals surface area contributed by atoms with Gasteiger partial charge in [-0.05, 0) is 25.0 Å². The van der Waals surface area contributed by atoms with Crippen LogP contribution in [-0.2, 0) is 4.79 Å². The number of carbonyl (C=O) groups is 2. The summed E-state index contributed by atoms with van der Waals surface area (Å²) in [6.07, 6.45) is 0.606. The number of halogens is 1. The third-order valence-corrected chi connectivity index (χ3v) is 4.21. The Morgan fingerprint density at radius 2 is 2.00 bits per heavy atom. The Hall–Kier alpha value is -3.03. The molecular formula is C18H21FN4O3. The summed E-state index contributed by atoms with van der Waals surface area (Å²) in [4.78, 5) is 36.3. The van der Waals surface area contributed by atoms with E-state index in [0.29, 0.717) is 12.1 Å². The van der Waals surface area contributed by atoms with Gasteiger partial charge >= 0.3 is 0 Å². The lowest BCUT2D eigenvalue weighted by Gasteiger charge is -2.21. The normalized spacial score (nSPS) is 13.1. The first-order valence-corrected chi connectivity index (χ1v) is 8.22. The van der Waals surface area contributed by atoms with E-state index in [9.17, 15) is 18.8 Å². The monoisotopic (exact) mass is 360 g/mol. The molecule has 7 nitrogen and oxygen atoms in total. The molecule has 0 bridgehead atoms. The minimum Gasteiger partial charge on any atom is -0.368 e. The molecule has 0 aliphatic heterocycles. The smallest absolute Gasteiger partial charge is 0.276 e. The van der Waals surface area contributed by atoms with Gasteiger partial charge in [-0.15, -0.1) is 0 Å². The van der Waals surface area contributed by atoms with E-state index < -0.39 is 34.8 Å². The Balaban J connectivity index is 2.45. The van der Waals surface area contributed by atoms with Crippen LogP contribution in [0.15, 0.2) is 35.1 Å². The van der Waals surface area contributed by atoms with Crippen LogP contribution in [0.3, 0.4) is 0 Å². The van der Waals surface area contributed by atoms with Gasteiger partial charge in [-0.1, -0.05) is 32.4 Å². The Bertz CT molecular complexity index is 894. The van der Waals surface area contributed by atoms with Crippen molar-refractivity contribution in [3.8, 4) is 5.69 Å². The molecule has 2 atom stereocenters. The molecule has 1 aromatic carbocycles. The van der Waals surface area contributed by atoms with Crippen molar-refractivity contribution in [1.29, 1.82) is 0 Å². The number of hydrogen-bond acceptors (Lipinski definition) is 4. The predicted molar refractivity (Wildman–Crippen MR) is 94.4 cm³/mol. The molecule has 138 valence electrons. The van der Waals surface area contributed by atoms with Gasteiger partial charge in [-0.25, -0.2) is 9.07 Å². The highest BCUT2D eigenvalue weighted by Crippen LogP contribution is 2.13. The summed E-state index contributed by atoms with van der Waals surface area (Å²) in [6.45, 7) is 5.19. The fraction of sp³-hybridized carbons (Fsp3) is 0.333. The summed E-state index contributed by atoms with van der Waals surface area (Å²) in [5, 5.41) is 6.45. The Morgan fingerprint density at radius 1 is 1.35 bits per heavy atom. The van der Waals surface area contributed by atoms with E-state index in [2.05, 4.69) is 10.4 Å². The van der Waals surface area contributed by atoms with E-state index in [-0.39, 0.29) is 11.6 Å². The van der Waals surface area contributed by atoms with Crippen molar-refractivity contribution in [2.24, 2.45) is 11.7 Å². The molecule has 2 aromatic rings. The summed E-state index contributed by atoms with van der Waals surface area (Å²) in [5.74, 6) is -2.29. The van der Waals surface area contributed by atoms with E-state index in [1.807, 2.05) is 6.92 Å². The number of aromatic nitrogens is 2. The zero-order valence-electron chi connectivity index (χ0n) is 14.8. The summed E-state index contributed by atoms with van der Waals surface area (Å²) in [7, 11) is 0. The number of hydrogen-bond donors (Lipinski definition) is 2. The van der Waals surface area contributed by atoms with Crippen molar-refractivity contribution in [2.75, 3.05) is 0 Å². The molecule has 3 N–H and O–H groups in total. The zero-order valence-corrected chi connectivity index (χ0v) is 14.8. The van der Waals surface area contributed by atoms with Crippen molar-refractivity contribution in [3.63, 3.8) is 0 Å². The van der Waals surface area contributed by atoms with Gasteiger partial charge in [0.15, 0.2) is 5.69 Å². The Labute approximate surface area is 150 Å². The molecule has 0 saturated heterocycles. The second-order valence-corrected chi connectivity index (χ2v) is 6.10. The van der Waals surface area contributed by atoms with Gasteiger partial charge in [-0.3, -0.25) is 14.4 Å². The molecule has 0 saturated carbocycles. The average molecular weight is 360 g/mol. The average Bonchev–Trinajstić information content (AvgIpc) is 2.59. The molecule has 0 aliphatic rings. The van der Waals surface area contributed by atoms with Crippen LogP contribution in [0.5, 0.6) is 0 Å². The third kappa shape index (κ3) is 3.96. The minimum absolute atomic E-state index is 0.104. The first kappa shape index (κ1) is 19.3. The molecule has 8 heteroatoms. The number of primary amides is 1. The second-order valence-electron chi connectivity index (χ2n) is 6.10. The number of carbonyl (C=O) groups excluding carboxylic acids is 2. The van der Waals surface area contributed by atoms with Gasteiger partial charge in [0.05, 0.1) is 0 Å². The highest BCUT2D eigenvalue weighted by molar-refractivity contribution is 5.95. The van der Waals surface area contributed by atoms with Crippen LogP contribution in [0.2, 0.25) is 0 Å². The molecule has 0 aliphatic carbocycles. The van der Waals surface area contributed by atoms with Crippen molar-refractivity contribution >= 4 is 11.8 Å². The molecule has 2 rings (SSSR count). The van der Waals surface area contributed by atoms with Crippen LogP contribution in [0.4, 0.5) is 4.39 Å². The van der Waals surface area contributed by atoms with Crippen molar-refractivity contribution in [2.45, 2.75) is 33.2 Å². The van der Waals surface area contributed by atoms with Crippen molar-refractivity contribution < 1.29 is 14.0 Å². The SMILES string of the molecule is CCC(C)C(NC(=O)c1nn(-c2ccccc2F)c(C)cc1=O)C(N)=O. The molecular weight excluding hydrogens is 339 g/mol. The van der Waals surface area contributed by atoms with Crippen LogP contribution in [-0.4, -0.2) is 27.6 Å². The largest absolute Gasteiger partial charge is 0.368 e. The first-order valence-electron chi connectivity index (χ1n) is 8.22. The standard InChI is InChI=1S/C18H21FN4O3/c1-4-10(2)15(17(20)25)21-18(26)16-14(24)9-11(3)23(22-16)13-8-6-5-7-12(13)19/h5-10,15H,4H2,1-3H3,(H2,20,25)(H,21,26). The predicted octanol–water partition coefficient (Wildman–Crippen LogP) is 1.31. The minimum atomic E-state index is -0.933. The maximum absolute atomic E-state index is 14.1. The summed E-state index contributed by atoms with van der Waals surface area (Å²) in [6, 6.07) is 6.12. The molecule has 2 unspecified atom stereocenters. The number of amides is 2. The molecule has 0 radical (unpaired) electrons. The molecule has 2 amide bonds. The summed E-state index contributed by atoms with van der Waals surface area (Å²) >= 11 is 0. The van der Waals surface area contributed by atoms with E-state index in [1.54, 1.807) is 19.9 Å². The lowest BCUT2D eigenvalue weighted by atomic mass is 9.98. The van der Waals surface area contributed by atoms with Crippen molar-refractivity contribution in [1.82, 2.24) is 15.1 Å². The maximum atomic E-state index is 14.1. The number of benzene rings is 1. The number of nitrogens with zero attached hydrogens (tertiary/aromatic N) is 2. The number of para-hydroxylation sites is 1. The molecule has 26 heavy (non-hydrogen) atoms. The van der Waals surface area contributed by atoms with Crippen molar-refractivity contribution in [3.05, 3.63) is 57.8 Å². The van der Waals surface area contributed by atoms with Gasteiger partial charge in [0.25, 0.3) is 5.91 Å². The van der Waals surface area contributed by atoms with E-state index in [0.717, 1.165) is 0 Å².